The molecule has 0 saturated heterocycles. The van der Waals surface area contributed by atoms with E-state index in [0.717, 1.165) is 28.1 Å². The lowest BCUT2D eigenvalue weighted by molar-refractivity contribution is 0.579. The first-order valence-corrected chi connectivity index (χ1v) is 7.32. The molecule has 0 saturated carbocycles. The van der Waals surface area contributed by atoms with Crippen LogP contribution in [-0.2, 0) is 0 Å². The Morgan fingerprint density at radius 1 is 1.47 bits per heavy atom. The number of aromatic nitrogens is 3. The fourth-order valence-electron chi connectivity index (χ4n) is 2.01. The standard InChI is InChI=1S/C13H16BrClN4/c1-4-16-8(2)13-9(3)19(18-17-13)10-5-6-12(15)11(14)7-10/h5-8,16H,4H2,1-3H3. The number of rotatable bonds is 4. The molecule has 2 aromatic rings. The summed E-state index contributed by atoms with van der Waals surface area (Å²) in [5, 5.41) is 12.5. The van der Waals surface area contributed by atoms with Crippen LogP contribution in [0, 0.1) is 6.92 Å². The van der Waals surface area contributed by atoms with Crippen LogP contribution in [0.5, 0.6) is 0 Å². The fraction of sp³-hybridized carbons (Fsp3) is 0.385. The van der Waals surface area contributed by atoms with E-state index in [9.17, 15) is 0 Å². The van der Waals surface area contributed by atoms with E-state index >= 15 is 0 Å². The largest absolute Gasteiger partial charge is 0.309 e. The maximum Gasteiger partial charge on any atom is 0.103 e. The summed E-state index contributed by atoms with van der Waals surface area (Å²) in [6.45, 7) is 7.08. The minimum atomic E-state index is 0.189. The molecule has 0 amide bonds. The molecule has 0 aliphatic carbocycles. The van der Waals surface area contributed by atoms with Gasteiger partial charge in [-0.1, -0.05) is 23.7 Å². The first kappa shape index (κ1) is 14.5. The van der Waals surface area contributed by atoms with E-state index in [2.05, 4.69) is 45.4 Å². The van der Waals surface area contributed by atoms with E-state index in [-0.39, 0.29) is 6.04 Å². The van der Waals surface area contributed by atoms with Crippen molar-refractivity contribution >= 4 is 27.5 Å². The van der Waals surface area contributed by atoms with Gasteiger partial charge in [-0.05, 0) is 54.5 Å². The lowest BCUT2D eigenvalue weighted by atomic mass is 10.2. The molecule has 0 radical (unpaired) electrons. The van der Waals surface area contributed by atoms with Gasteiger partial charge in [-0.3, -0.25) is 0 Å². The van der Waals surface area contributed by atoms with Gasteiger partial charge in [0.15, 0.2) is 0 Å². The van der Waals surface area contributed by atoms with E-state index in [0.29, 0.717) is 5.02 Å². The van der Waals surface area contributed by atoms with Crippen molar-refractivity contribution in [2.75, 3.05) is 6.54 Å². The Labute approximate surface area is 126 Å². The molecule has 1 aromatic heterocycles. The zero-order valence-corrected chi connectivity index (χ0v) is 13.5. The van der Waals surface area contributed by atoms with E-state index in [1.807, 2.05) is 29.8 Å². The molecule has 1 unspecified atom stereocenters. The lowest BCUT2D eigenvalue weighted by Gasteiger charge is -2.10. The zero-order chi connectivity index (χ0) is 14.0. The predicted molar refractivity (Wildman–Crippen MR) is 80.9 cm³/mol. The molecule has 0 spiro atoms. The number of nitrogens with zero attached hydrogens (tertiary/aromatic N) is 3. The number of halogens is 2. The van der Waals surface area contributed by atoms with Crippen molar-refractivity contribution < 1.29 is 0 Å². The molecule has 0 bridgehead atoms. The molecule has 0 fully saturated rings. The van der Waals surface area contributed by atoms with Crippen LogP contribution in [0.3, 0.4) is 0 Å². The molecule has 0 aliphatic rings. The van der Waals surface area contributed by atoms with Gasteiger partial charge in [-0.2, -0.15) is 0 Å². The van der Waals surface area contributed by atoms with Crippen LogP contribution in [0.2, 0.25) is 5.02 Å². The van der Waals surface area contributed by atoms with Gasteiger partial charge in [0, 0.05) is 4.47 Å². The molecule has 4 nitrogen and oxygen atoms in total. The molecule has 102 valence electrons. The number of hydrogen-bond donors (Lipinski definition) is 1. The quantitative estimate of drug-likeness (QED) is 0.921. The summed E-state index contributed by atoms with van der Waals surface area (Å²) < 4.78 is 2.67. The zero-order valence-electron chi connectivity index (χ0n) is 11.1. The monoisotopic (exact) mass is 342 g/mol. The van der Waals surface area contributed by atoms with E-state index < -0.39 is 0 Å². The summed E-state index contributed by atoms with van der Waals surface area (Å²) >= 11 is 9.43. The van der Waals surface area contributed by atoms with Gasteiger partial charge >= 0.3 is 0 Å². The second-order valence-electron chi connectivity index (χ2n) is 4.35. The van der Waals surface area contributed by atoms with Crippen molar-refractivity contribution in [1.29, 1.82) is 0 Å². The fourth-order valence-corrected chi connectivity index (χ4v) is 2.49. The molecule has 1 atom stereocenters. The molecule has 0 aliphatic heterocycles. The predicted octanol–water partition coefficient (Wildman–Crippen LogP) is 3.66. The average Bonchev–Trinajstić information content (AvgIpc) is 2.75. The van der Waals surface area contributed by atoms with Gasteiger partial charge in [0.1, 0.15) is 5.69 Å². The van der Waals surface area contributed by atoms with Crippen LogP contribution in [0.4, 0.5) is 0 Å². The number of benzene rings is 1. The van der Waals surface area contributed by atoms with E-state index in [1.165, 1.54) is 0 Å². The second kappa shape index (κ2) is 6.03. The normalized spacial score (nSPS) is 12.7. The summed E-state index contributed by atoms with van der Waals surface area (Å²) in [5.74, 6) is 0. The highest BCUT2D eigenvalue weighted by atomic mass is 79.9. The van der Waals surface area contributed by atoms with Crippen molar-refractivity contribution in [1.82, 2.24) is 20.3 Å². The highest BCUT2D eigenvalue weighted by Crippen LogP contribution is 2.26. The number of nitrogens with one attached hydrogen (secondary N) is 1. The molecule has 19 heavy (non-hydrogen) atoms. The SMILES string of the molecule is CCNC(C)c1nnn(-c2ccc(Cl)c(Br)c2)c1C. The van der Waals surface area contributed by atoms with Crippen LogP contribution in [-0.4, -0.2) is 21.5 Å². The van der Waals surface area contributed by atoms with Gasteiger partial charge in [-0.15, -0.1) is 5.10 Å². The van der Waals surface area contributed by atoms with Crippen molar-refractivity contribution in [2.45, 2.75) is 26.8 Å². The third-order valence-corrected chi connectivity index (χ3v) is 4.21. The van der Waals surface area contributed by atoms with Crippen LogP contribution in [0.25, 0.3) is 5.69 Å². The van der Waals surface area contributed by atoms with Crippen molar-refractivity contribution in [3.05, 3.63) is 39.1 Å². The Balaban J connectivity index is 2.38. The van der Waals surface area contributed by atoms with Crippen LogP contribution >= 0.6 is 27.5 Å². The molecule has 2 rings (SSSR count). The van der Waals surface area contributed by atoms with Gasteiger partial charge in [0.05, 0.1) is 22.4 Å². The van der Waals surface area contributed by atoms with E-state index in [1.54, 1.807) is 0 Å². The van der Waals surface area contributed by atoms with Gasteiger partial charge in [0.25, 0.3) is 0 Å². The molecule has 6 heteroatoms. The first-order chi connectivity index (χ1) is 9.04. The topological polar surface area (TPSA) is 42.7 Å². The van der Waals surface area contributed by atoms with Gasteiger partial charge in [-0.25, -0.2) is 4.68 Å². The number of hydrogen-bond acceptors (Lipinski definition) is 3. The van der Waals surface area contributed by atoms with Crippen molar-refractivity contribution in [3.63, 3.8) is 0 Å². The highest BCUT2D eigenvalue weighted by molar-refractivity contribution is 9.10. The molecule has 1 heterocycles. The third kappa shape index (κ3) is 2.99. The summed E-state index contributed by atoms with van der Waals surface area (Å²) in [5.41, 5.74) is 2.94. The Hall–Kier alpha value is -0.910. The molecule has 1 N–H and O–H groups in total. The molecule has 1 aromatic carbocycles. The smallest absolute Gasteiger partial charge is 0.103 e. The summed E-state index contributed by atoms with van der Waals surface area (Å²) in [6.07, 6.45) is 0. The van der Waals surface area contributed by atoms with Crippen LogP contribution < -0.4 is 5.32 Å². The highest BCUT2D eigenvalue weighted by Gasteiger charge is 2.15. The van der Waals surface area contributed by atoms with E-state index in [4.69, 9.17) is 11.6 Å². The third-order valence-electron chi connectivity index (χ3n) is 3.00. The average molecular weight is 344 g/mol. The summed E-state index contributed by atoms with van der Waals surface area (Å²) in [4.78, 5) is 0. The van der Waals surface area contributed by atoms with Crippen molar-refractivity contribution in [2.24, 2.45) is 0 Å². The Bertz CT molecular complexity index is 582. The van der Waals surface area contributed by atoms with Gasteiger partial charge < -0.3 is 5.32 Å². The maximum absolute atomic E-state index is 6.00. The van der Waals surface area contributed by atoms with Gasteiger partial charge in [0.2, 0.25) is 0 Å². The Morgan fingerprint density at radius 3 is 2.84 bits per heavy atom. The summed E-state index contributed by atoms with van der Waals surface area (Å²) in [7, 11) is 0. The summed E-state index contributed by atoms with van der Waals surface area (Å²) in [6, 6.07) is 5.90. The Kier molecular flexibility index (Phi) is 4.60. The minimum absolute atomic E-state index is 0.189. The van der Waals surface area contributed by atoms with Crippen LogP contribution in [0.15, 0.2) is 22.7 Å². The molecular weight excluding hydrogens is 328 g/mol. The maximum atomic E-state index is 6.00. The first-order valence-electron chi connectivity index (χ1n) is 6.15. The Morgan fingerprint density at radius 2 is 2.21 bits per heavy atom. The molecular formula is C13H16BrClN4. The lowest BCUT2D eigenvalue weighted by Crippen LogP contribution is -2.19. The minimum Gasteiger partial charge on any atom is -0.309 e. The van der Waals surface area contributed by atoms with Crippen molar-refractivity contribution in [3.8, 4) is 5.69 Å². The second-order valence-corrected chi connectivity index (χ2v) is 5.61. The van der Waals surface area contributed by atoms with Crippen LogP contribution in [0.1, 0.15) is 31.3 Å².